The van der Waals surface area contributed by atoms with Gasteiger partial charge in [0, 0.05) is 29.2 Å². The lowest BCUT2D eigenvalue weighted by Crippen LogP contribution is -2.41. The molecule has 1 fully saturated rings. The Bertz CT molecular complexity index is 849. The van der Waals surface area contributed by atoms with Gasteiger partial charge in [-0.25, -0.2) is 0 Å². The van der Waals surface area contributed by atoms with Gasteiger partial charge in [-0.1, -0.05) is 41.9 Å². The molecule has 2 amide bonds. The average Bonchev–Trinajstić information content (AvgIpc) is 2.77. The lowest BCUT2D eigenvalue weighted by Gasteiger charge is -2.30. The molecule has 7 heteroatoms. The minimum absolute atomic E-state index is 0.228. The number of ether oxygens (including phenoxy) is 1. The summed E-state index contributed by atoms with van der Waals surface area (Å²) in [4.78, 5) is 39.2. The monoisotopic (exact) mass is 414 g/mol. The number of esters is 1. The van der Waals surface area contributed by atoms with Gasteiger partial charge in [-0.2, -0.15) is 0 Å². The smallest absolute Gasteiger partial charge is 0.326 e. The third-order valence-corrected chi connectivity index (χ3v) is 5.00. The van der Waals surface area contributed by atoms with Crippen molar-refractivity contribution in [3.05, 3.63) is 70.7 Å². The summed E-state index contributed by atoms with van der Waals surface area (Å²) in [6, 6.07) is 15.3. The molecule has 3 rings (SSSR count). The van der Waals surface area contributed by atoms with Crippen LogP contribution in [-0.4, -0.2) is 42.3 Å². The van der Waals surface area contributed by atoms with E-state index in [9.17, 15) is 14.4 Å². The first-order valence-electron chi connectivity index (χ1n) is 9.61. The Morgan fingerprint density at radius 3 is 2.28 bits per heavy atom. The zero-order chi connectivity index (χ0) is 20.6. The van der Waals surface area contributed by atoms with Crippen molar-refractivity contribution in [1.82, 2.24) is 10.2 Å². The second kappa shape index (κ2) is 10.1. The maximum Gasteiger partial charge on any atom is 0.326 e. The number of nitrogens with zero attached hydrogens (tertiary/aromatic N) is 1. The highest BCUT2D eigenvalue weighted by Crippen LogP contribution is 2.22. The minimum Gasteiger partial charge on any atom is -0.446 e. The van der Waals surface area contributed by atoms with Crippen LogP contribution in [0.15, 0.2) is 54.6 Å². The quantitative estimate of drug-likeness (QED) is 0.735. The number of rotatable bonds is 6. The van der Waals surface area contributed by atoms with E-state index in [0.29, 0.717) is 29.2 Å². The highest BCUT2D eigenvalue weighted by Gasteiger charge is 2.30. The fourth-order valence-electron chi connectivity index (χ4n) is 3.20. The number of hydrogen-bond donors (Lipinski definition) is 1. The van der Waals surface area contributed by atoms with Gasteiger partial charge >= 0.3 is 5.97 Å². The van der Waals surface area contributed by atoms with Gasteiger partial charge in [0.25, 0.3) is 11.8 Å². The summed E-state index contributed by atoms with van der Waals surface area (Å²) in [5.41, 5.74) is 0.992. The number of carbonyl (C=O) groups is 3. The number of hydrogen-bond acceptors (Lipinski definition) is 4. The van der Waals surface area contributed by atoms with Crippen LogP contribution in [0, 0.1) is 0 Å². The first-order chi connectivity index (χ1) is 14.0. The molecule has 6 nitrogen and oxygen atoms in total. The number of piperidine rings is 1. The van der Waals surface area contributed by atoms with E-state index in [1.807, 2.05) is 6.07 Å². The van der Waals surface area contributed by atoms with Gasteiger partial charge in [0.05, 0.1) is 0 Å². The number of halogens is 1. The van der Waals surface area contributed by atoms with Crippen molar-refractivity contribution in [2.75, 3.05) is 19.6 Å². The fourth-order valence-corrected chi connectivity index (χ4v) is 3.32. The molecule has 1 aliphatic heterocycles. The Kier molecular flexibility index (Phi) is 7.25. The highest BCUT2D eigenvalue weighted by molar-refractivity contribution is 6.30. The van der Waals surface area contributed by atoms with Crippen molar-refractivity contribution in [3.8, 4) is 0 Å². The zero-order valence-electron chi connectivity index (χ0n) is 16.0. The highest BCUT2D eigenvalue weighted by atomic mass is 35.5. The Balaban J connectivity index is 1.63. The molecule has 0 aromatic heterocycles. The first-order valence-corrected chi connectivity index (χ1v) is 9.99. The van der Waals surface area contributed by atoms with Gasteiger partial charge in [0.15, 0.2) is 0 Å². The van der Waals surface area contributed by atoms with Crippen LogP contribution in [-0.2, 0) is 14.3 Å². The lowest BCUT2D eigenvalue weighted by atomic mass is 10.1. The summed E-state index contributed by atoms with van der Waals surface area (Å²) in [6.07, 6.45) is 1.96. The molecule has 2 aromatic rings. The van der Waals surface area contributed by atoms with E-state index in [1.165, 1.54) is 0 Å². The van der Waals surface area contributed by atoms with Crippen molar-refractivity contribution < 1.29 is 19.1 Å². The Hall–Kier alpha value is -2.86. The van der Waals surface area contributed by atoms with Crippen LogP contribution in [0.3, 0.4) is 0 Å². The van der Waals surface area contributed by atoms with Crippen LogP contribution in [0.4, 0.5) is 0 Å². The van der Waals surface area contributed by atoms with Crippen LogP contribution in [0.25, 0.3) is 0 Å². The molecule has 0 unspecified atom stereocenters. The molecule has 0 bridgehead atoms. The summed E-state index contributed by atoms with van der Waals surface area (Å²) in [6.45, 7) is 0.984. The molecule has 1 saturated heterocycles. The topological polar surface area (TPSA) is 75.7 Å². The molecule has 1 atom stereocenters. The number of nitrogens with one attached hydrogen (secondary N) is 1. The molecule has 29 heavy (non-hydrogen) atoms. The second-order valence-corrected chi connectivity index (χ2v) is 7.29. The SMILES string of the molecule is O=C(CNC(=O)c1ccc(Cl)cc1)O[C@H](C(=O)N1CCCCC1)c1ccccc1. The maximum absolute atomic E-state index is 13.0. The summed E-state index contributed by atoms with van der Waals surface area (Å²) in [5.74, 6) is -1.32. The average molecular weight is 415 g/mol. The molecule has 152 valence electrons. The van der Waals surface area contributed by atoms with Crippen molar-refractivity contribution in [2.45, 2.75) is 25.4 Å². The Labute approximate surface area is 174 Å². The zero-order valence-corrected chi connectivity index (χ0v) is 16.7. The molecule has 1 N–H and O–H groups in total. The van der Waals surface area contributed by atoms with Crippen LogP contribution in [0.1, 0.15) is 41.3 Å². The Morgan fingerprint density at radius 2 is 1.62 bits per heavy atom. The van der Waals surface area contributed by atoms with E-state index in [-0.39, 0.29) is 12.5 Å². The molecular weight excluding hydrogens is 392 g/mol. The molecule has 1 aliphatic rings. The van der Waals surface area contributed by atoms with Crippen LogP contribution < -0.4 is 5.32 Å². The normalized spacial score (nSPS) is 14.7. The predicted molar refractivity (Wildman–Crippen MR) is 109 cm³/mol. The predicted octanol–water partition coefficient (Wildman–Crippen LogP) is 3.37. The second-order valence-electron chi connectivity index (χ2n) is 6.86. The van der Waals surface area contributed by atoms with E-state index >= 15 is 0 Å². The molecular formula is C22H23ClN2O4. The molecule has 1 heterocycles. The minimum atomic E-state index is -1.02. The van der Waals surface area contributed by atoms with E-state index < -0.39 is 18.0 Å². The molecule has 0 spiro atoms. The standard InChI is InChI=1S/C22H23ClN2O4/c23-18-11-9-17(10-12-18)21(27)24-15-19(26)29-20(16-7-3-1-4-8-16)22(28)25-13-5-2-6-14-25/h1,3-4,7-12,20H,2,5-6,13-15H2,(H,24,27)/t20-/m0/s1. The van der Waals surface area contributed by atoms with E-state index in [4.69, 9.17) is 16.3 Å². The van der Waals surface area contributed by atoms with Gasteiger partial charge in [-0.3, -0.25) is 14.4 Å². The number of amides is 2. The van der Waals surface area contributed by atoms with Gasteiger partial charge in [0.1, 0.15) is 6.54 Å². The summed E-state index contributed by atoms with van der Waals surface area (Å²) in [5, 5.41) is 3.03. The molecule has 0 saturated carbocycles. The number of likely N-dealkylation sites (tertiary alicyclic amines) is 1. The lowest BCUT2D eigenvalue weighted by molar-refractivity contribution is -0.160. The van der Waals surface area contributed by atoms with Crippen molar-refractivity contribution in [2.24, 2.45) is 0 Å². The van der Waals surface area contributed by atoms with Crippen molar-refractivity contribution in [3.63, 3.8) is 0 Å². The maximum atomic E-state index is 13.0. The van der Waals surface area contributed by atoms with Crippen LogP contribution in [0.5, 0.6) is 0 Å². The van der Waals surface area contributed by atoms with E-state index in [2.05, 4.69) is 5.32 Å². The first kappa shape index (κ1) is 20.9. The number of benzene rings is 2. The molecule has 0 aliphatic carbocycles. The molecule has 0 radical (unpaired) electrons. The third-order valence-electron chi connectivity index (χ3n) is 4.74. The van der Waals surface area contributed by atoms with Gasteiger partial charge in [-0.05, 0) is 43.5 Å². The number of carbonyl (C=O) groups excluding carboxylic acids is 3. The van der Waals surface area contributed by atoms with E-state index in [1.54, 1.807) is 53.4 Å². The summed E-state index contributed by atoms with van der Waals surface area (Å²) in [7, 11) is 0. The van der Waals surface area contributed by atoms with Gasteiger partial charge in [0.2, 0.25) is 6.10 Å². The van der Waals surface area contributed by atoms with Crippen LogP contribution >= 0.6 is 11.6 Å². The largest absolute Gasteiger partial charge is 0.446 e. The van der Waals surface area contributed by atoms with Crippen LogP contribution in [0.2, 0.25) is 5.02 Å². The van der Waals surface area contributed by atoms with Gasteiger partial charge in [-0.15, -0.1) is 0 Å². The Morgan fingerprint density at radius 1 is 0.966 bits per heavy atom. The summed E-state index contributed by atoms with van der Waals surface area (Å²) >= 11 is 5.81. The fraction of sp³-hybridized carbons (Fsp3) is 0.318. The molecule has 2 aromatic carbocycles. The third kappa shape index (κ3) is 5.81. The van der Waals surface area contributed by atoms with Gasteiger partial charge < -0.3 is 15.0 Å². The van der Waals surface area contributed by atoms with E-state index in [0.717, 1.165) is 19.3 Å². The van der Waals surface area contributed by atoms with Crippen molar-refractivity contribution >= 4 is 29.4 Å². The summed E-state index contributed by atoms with van der Waals surface area (Å²) < 4.78 is 5.49. The van der Waals surface area contributed by atoms with Crippen molar-refractivity contribution in [1.29, 1.82) is 0 Å².